The summed E-state index contributed by atoms with van der Waals surface area (Å²) in [5, 5.41) is 4.26. The summed E-state index contributed by atoms with van der Waals surface area (Å²) in [7, 11) is 0. The Morgan fingerprint density at radius 2 is 2.10 bits per heavy atom. The van der Waals surface area contributed by atoms with E-state index in [0.717, 1.165) is 11.6 Å². The average Bonchev–Trinajstić information content (AvgIpc) is 2.82. The van der Waals surface area contributed by atoms with Crippen LogP contribution in [-0.4, -0.2) is 27.6 Å². The summed E-state index contributed by atoms with van der Waals surface area (Å²) in [6.07, 6.45) is 5.25. The van der Waals surface area contributed by atoms with Gasteiger partial charge in [-0.1, -0.05) is 67.0 Å². The Morgan fingerprint density at radius 3 is 2.90 bits per heavy atom. The van der Waals surface area contributed by atoms with Crippen molar-refractivity contribution in [2.24, 2.45) is 11.1 Å². The van der Waals surface area contributed by atoms with Gasteiger partial charge < -0.3 is 9.74 Å². The molecule has 0 radical (unpaired) electrons. The number of hydrogen-bond acceptors (Lipinski definition) is 4. The van der Waals surface area contributed by atoms with E-state index in [4.69, 9.17) is 4.84 Å². The van der Waals surface area contributed by atoms with Crippen molar-refractivity contribution in [3.8, 4) is 0 Å². The SMILES string of the molecule is CCSC12ON=C(c3ccccc3)N1[C@@H]1CCCC[C@@H]12. The molecule has 0 bridgehead atoms. The van der Waals surface area contributed by atoms with Gasteiger partial charge in [0, 0.05) is 11.6 Å². The molecule has 1 saturated heterocycles. The molecule has 1 aromatic carbocycles. The van der Waals surface area contributed by atoms with Crippen LogP contribution in [0.5, 0.6) is 0 Å². The molecule has 1 aliphatic carbocycles. The fourth-order valence-corrected chi connectivity index (χ4v) is 5.28. The monoisotopic (exact) mass is 288 g/mol. The molecule has 4 heteroatoms. The molecule has 1 saturated carbocycles. The summed E-state index contributed by atoms with van der Waals surface area (Å²) in [6.45, 7) is 2.21. The van der Waals surface area contributed by atoms with Crippen LogP contribution in [0.3, 0.4) is 0 Å². The molecule has 0 aromatic heterocycles. The fraction of sp³-hybridized carbons (Fsp3) is 0.562. The van der Waals surface area contributed by atoms with E-state index in [1.54, 1.807) is 0 Å². The number of fused-ring (bicyclic) bond motifs is 4. The van der Waals surface area contributed by atoms with Gasteiger partial charge in [0.05, 0.1) is 5.92 Å². The topological polar surface area (TPSA) is 24.8 Å². The van der Waals surface area contributed by atoms with Gasteiger partial charge in [-0.3, -0.25) is 0 Å². The first-order valence-corrected chi connectivity index (χ1v) is 8.60. The molecule has 3 nitrogen and oxygen atoms in total. The molecule has 4 rings (SSSR count). The molecule has 20 heavy (non-hydrogen) atoms. The number of nitrogens with zero attached hydrogens (tertiary/aromatic N) is 2. The Kier molecular flexibility index (Phi) is 2.95. The third-order valence-electron chi connectivity index (χ3n) is 4.74. The summed E-state index contributed by atoms with van der Waals surface area (Å²) in [5.41, 5.74) is 1.18. The second-order valence-corrected chi connectivity index (χ2v) is 7.22. The zero-order valence-corrected chi connectivity index (χ0v) is 12.6. The van der Waals surface area contributed by atoms with Crippen LogP contribution < -0.4 is 0 Å². The number of rotatable bonds is 3. The standard InChI is InChI=1S/C16H20N2OS/c1-2-20-16-13-10-6-7-11-14(13)18(16)15(17-19-16)12-8-4-3-5-9-12/h3-5,8-9,13-14H,2,6-7,10-11H2,1H3/t13-,14+,16?/m0/s1. The lowest BCUT2D eigenvalue weighted by Crippen LogP contribution is -2.72. The Balaban J connectivity index is 1.68. The summed E-state index contributed by atoms with van der Waals surface area (Å²) in [4.78, 5) is 8.45. The first kappa shape index (κ1) is 12.6. The highest BCUT2D eigenvalue weighted by Crippen LogP contribution is 2.59. The highest BCUT2D eigenvalue weighted by molar-refractivity contribution is 8.00. The van der Waals surface area contributed by atoms with E-state index in [1.807, 2.05) is 17.8 Å². The van der Waals surface area contributed by atoms with Crippen molar-refractivity contribution in [2.45, 2.75) is 43.7 Å². The van der Waals surface area contributed by atoms with E-state index in [9.17, 15) is 0 Å². The molecule has 2 aliphatic heterocycles. The van der Waals surface area contributed by atoms with Crippen LogP contribution in [0.4, 0.5) is 0 Å². The second-order valence-electron chi connectivity index (χ2n) is 5.76. The Hall–Kier alpha value is -1.16. The van der Waals surface area contributed by atoms with Gasteiger partial charge in [-0.25, -0.2) is 0 Å². The highest BCUT2D eigenvalue weighted by atomic mass is 32.2. The number of thioether (sulfide) groups is 1. The van der Waals surface area contributed by atoms with Crippen molar-refractivity contribution in [1.82, 2.24) is 4.90 Å². The molecule has 1 unspecified atom stereocenters. The maximum atomic E-state index is 5.99. The van der Waals surface area contributed by atoms with E-state index in [1.165, 1.54) is 31.2 Å². The molecule has 3 aliphatic rings. The smallest absolute Gasteiger partial charge is 0.263 e. The van der Waals surface area contributed by atoms with Crippen molar-refractivity contribution < 1.29 is 4.84 Å². The van der Waals surface area contributed by atoms with Gasteiger partial charge in [-0.2, -0.15) is 0 Å². The van der Waals surface area contributed by atoms with Crippen LogP contribution >= 0.6 is 11.8 Å². The lowest BCUT2D eigenvalue weighted by atomic mass is 9.74. The van der Waals surface area contributed by atoms with Crippen LogP contribution in [0.1, 0.15) is 38.2 Å². The van der Waals surface area contributed by atoms with Gasteiger partial charge >= 0.3 is 0 Å². The molecule has 2 heterocycles. The quantitative estimate of drug-likeness (QED) is 0.848. The summed E-state index contributed by atoms with van der Waals surface area (Å²) < 4.78 is 0. The largest absolute Gasteiger partial charge is 0.353 e. The van der Waals surface area contributed by atoms with Crippen LogP contribution in [0, 0.1) is 5.92 Å². The van der Waals surface area contributed by atoms with Gasteiger partial charge in [-0.15, -0.1) is 0 Å². The minimum Gasteiger partial charge on any atom is -0.353 e. The molecule has 0 amide bonds. The van der Waals surface area contributed by atoms with Crippen molar-refractivity contribution in [3.05, 3.63) is 35.9 Å². The minimum absolute atomic E-state index is 0.203. The third-order valence-corrected chi connectivity index (χ3v) is 6.02. The lowest BCUT2D eigenvalue weighted by molar-refractivity contribution is -0.183. The van der Waals surface area contributed by atoms with Gasteiger partial charge in [-0.05, 0) is 18.6 Å². The minimum atomic E-state index is -0.203. The molecule has 0 spiro atoms. The molecule has 1 aromatic rings. The third kappa shape index (κ3) is 1.57. The predicted molar refractivity (Wildman–Crippen MR) is 82.5 cm³/mol. The first-order chi connectivity index (χ1) is 9.87. The Morgan fingerprint density at radius 1 is 1.30 bits per heavy atom. The van der Waals surface area contributed by atoms with E-state index in [2.05, 4.69) is 41.2 Å². The maximum Gasteiger partial charge on any atom is 0.263 e. The van der Waals surface area contributed by atoms with Gasteiger partial charge in [0.25, 0.3) is 5.06 Å². The van der Waals surface area contributed by atoms with E-state index in [0.29, 0.717) is 12.0 Å². The first-order valence-electron chi connectivity index (χ1n) is 7.61. The van der Waals surface area contributed by atoms with Gasteiger partial charge in [0.15, 0.2) is 5.84 Å². The van der Waals surface area contributed by atoms with Crippen molar-refractivity contribution in [2.75, 3.05) is 5.75 Å². The van der Waals surface area contributed by atoms with Crippen molar-refractivity contribution in [3.63, 3.8) is 0 Å². The van der Waals surface area contributed by atoms with E-state index < -0.39 is 0 Å². The van der Waals surface area contributed by atoms with Crippen LogP contribution in [0.25, 0.3) is 0 Å². The number of hydrogen-bond donors (Lipinski definition) is 0. The van der Waals surface area contributed by atoms with Gasteiger partial charge in [0.2, 0.25) is 0 Å². The molecular weight excluding hydrogens is 268 g/mol. The maximum absolute atomic E-state index is 5.99. The number of amidine groups is 1. The zero-order valence-electron chi connectivity index (χ0n) is 11.8. The van der Waals surface area contributed by atoms with E-state index in [-0.39, 0.29) is 5.06 Å². The lowest BCUT2D eigenvalue weighted by Gasteiger charge is -2.60. The number of oxime groups is 1. The van der Waals surface area contributed by atoms with E-state index >= 15 is 0 Å². The normalized spacial score (nSPS) is 34.6. The molecular formula is C16H20N2OS. The average molecular weight is 288 g/mol. The summed E-state index contributed by atoms with van der Waals surface area (Å²) >= 11 is 1.91. The molecule has 3 atom stereocenters. The summed E-state index contributed by atoms with van der Waals surface area (Å²) in [5.74, 6) is 2.75. The van der Waals surface area contributed by atoms with Crippen LogP contribution in [0.2, 0.25) is 0 Å². The fourth-order valence-electron chi connectivity index (χ4n) is 3.93. The Labute approximate surface area is 124 Å². The van der Waals surface area contributed by atoms with Gasteiger partial charge in [0.1, 0.15) is 0 Å². The van der Waals surface area contributed by atoms with Crippen LogP contribution in [-0.2, 0) is 4.84 Å². The summed E-state index contributed by atoms with van der Waals surface area (Å²) in [6, 6.07) is 11.1. The molecule has 2 fully saturated rings. The Bertz CT molecular complexity index is 533. The highest BCUT2D eigenvalue weighted by Gasteiger charge is 2.67. The second kappa shape index (κ2) is 4.69. The van der Waals surface area contributed by atoms with Crippen molar-refractivity contribution >= 4 is 17.6 Å². The molecule has 0 N–H and O–H groups in total. The number of benzene rings is 1. The predicted octanol–water partition coefficient (Wildman–Crippen LogP) is 3.66. The van der Waals surface area contributed by atoms with Crippen molar-refractivity contribution in [1.29, 1.82) is 0 Å². The van der Waals surface area contributed by atoms with Crippen LogP contribution in [0.15, 0.2) is 35.5 Å². The molecule has 106 valence electrons. The zero-order chi connectivity index (χ0) is 13.6.